The summed E-state index contributed by atoms with van der Waals surface area (Å²) in [5, 5.41) is 2.44. The quantitative estimate of drug-likeness (QED) is 0.828. The van der Waals surface area contributed by atoms with Gasteiger partial charge in [0.05, 0.1) is 0 Å². The van der Waals surface area contributed by atoms with Gasteiger partial charge < -0.3 is 9.88 Å². The number of amides is 1. The Morgan fingerprint density at radius 2 is 1.86 bits per heavy atom. The molecule has 0 atom stereocenters. The highest BCUT2D eigenvalue weighted by Crippen LogP contribution is 2.09. The molecular formula is C13H16N4O4S. The number of carbonyl (C=O) groups is 1. The molecule has 0 unspecified atom stereocenters. The molecule has 0 saturated heterocycles. The number of anilines is 1. The third-order valence-electron chi connectivity index (χ3n) is 3.40. The molecule has 9 heteroatoms. The van der Waals surface area contributed by atoms with Crippen LogP contribution in [0.4, 0.5) is 5.69 Å². The Bertz CT molecular complexity index is 916. The number of nitrogens with one attached hydrogen (secondary N) is 1. The van der Waals surface area contributed by atoms with Gasteiger partial charge in [-0.15, -0.1) is 0 Å². The minimum atomic E-state index is -0.595. The second kappa shape index (κ2) is 5.76. The summed E-state index contributed by atoms with van der Waals surface area (Å²) in [5.41, 5.74) is -0.365. The standard InChI is InChI=1S/C13H16N4O4S/c1-7-8(2)22-13(21)17(7)6-10(18)14-9-5-15(3)12(20)16(4)11(9)19/h5H,6H2,1-4H3,(H,14,18). The van der Waals surface area contributed by atoms with Crippen molar-refractivity contribution >= 4 is 22.9 Å². The number of aromatic nitrogens is 3. The largest absolute Gasteiger partial charge is 0.330 e. The molecule has 2 rings (SSSR count). The second-order valence-corrected chi connectivity index (χ2v) is 6.11. The van der Waals surface area contributed by atoms with Crippen LogP contribution in [0.1, 0.15) is 10.6 Å². The Hall–Kier alpha value is -2.42. The number of hydrogen-bond acceptors (Lipinski definition) is 5. The predicted molar refractivity (Wildman–Crippen MR) is 83.6 cm³/mol. The van der Waals surface area contributed by atoms with Crippen molar-refractivity contribution in [2.24, 2.45) is 14.1 Å². The van der Waals surface area contributed by atoms with E-state index in [2.05, 4.69) is 5.32 Å². The molecule has 2 aromatic rings. The summed E-state index contributed by atoms with van der Waals surface area (Å²) >= 11 is 1.07. The predicted octanol–water partition coefficient (Wildman–Crippen LogP) is -0.437. The van der Waals surface area contributed by atoms with Crippen molar-refractivity contribution in [2.75, 3.05) is 5.32 Å². The number of thiazole rings is 1. The summed E-state index contributed by atoms with van der Waals surface area (Å²) in [6.07, 6.45) is 1.26. The lowest BCUT2D eigenvalue weighted by molar-refractivity contribution is -0.116. The van der Waals surface area contributed by atoms with Crippen LogP contribution in [-0.2, 0) is 25.4 Å². The molecule has 0 aliphatic rings. The first-order valence-electron chi connectivity index (χ1n) is 6.45. The Labute approximate surface area is 129 Å². The number of rotatable bonds is 3. The Kier molecular flexibility index (Phi) is 4.18. The van der Waals surface area contributed by atoms with Gasteiger partial charge in [0.2, 0.25) is 5.91 Å². The molecule has 0 aliphatic carbocycles. The highest BCUT2D eigenvalue weighted by molar-refractivity contribution is 7.09. The van der Waals surface area contributed by atoms with Crippen LogP contribution in [0.2, 0.25) is 0 Å². The van der Waals surface area contributed by atoms with Crippen molar-refractivity contribution < 1.29 is 4.79 Å². The number of nitrogens with zero attached hydrogens (tertiary/aromatic N) is 3. The van der Waals surface area contributed by atoms with E-state index in [0.29, 0.717) is 0 Å². The number of carbonyl (C=O) groups excluding carboxylic acids is 1. The van der Waals surface area contributed by atoms with Gasteiger partial charge in [-0.25, -0.2) is 4.79 Å². The van der Waals surface area contributed by atoms with E-state index >= 15 is 0 Å². The normalized spacial score (nSPS) is 10.7. The van der Waals surface area contributed by atoms with E-state index in [9.17, 15) is 19.2 Å². The average molecular weight is 324 g/mol. The van der Waals surface area contributed by atoms with Crippen molar-refractivity contribution in [1.82, 2.24) is 13.7 Å². The van der Waals surface area contributed by atoms with E-state index < -0.39 is 17.2 Å². The van der Waals surface area contributed by atoms with Crippen LogP contribution < -0.4 is 21.4 Å². The summed E-state index contributed by atoms with van der Waals surface area (Å²) in [5.74, 6) is -0.501. The molecule has 118 valence electrons. The van der Waals surface area contributed by atoms with Gasteiger partial charge in [0.25, 0.3) is 5.56 Å². The topological polar surface area (TPSA) is 95.1 Å². The Morgan fingerprint density at radius 1 is 1.23 bits per heavy atom. The fraction of sp³-hybridized carbons (Fsp3) is 0.385. The smallest absolute Gasteiger partial charge is 0.319 e. The van der Waals surface area contributed by atoms with Gasteiger partial charge in [-0.05, 0) is 13.8 Å². The third kappa shape index (κ3) is 2.80. The monoisotopic (exact) mass is 324 g/mol. The molecule has 8 nitrogen and oxygen atoms in total. The van der Waals surface area contributed by atoms with Gasteiger partial charge in [0.15, 0.2) is 0 Å². The minimum Gasteiger partial charge on any atom is -0.319 e. The zero-order chi connectivity index (χ0) is 16.6. The number of hydrogen-bond donors (Lipinski definition) is 1. The van der Waals surface area contributed by atoms with E-state index in [-0.39, 0.29) is 17.1 Å². The molecule has 0 saturated carbocycles. The zero-order valence-electron chi connectivity index (χ0n) is 12.7. The Morgan fingerprint density at radius 3 is 2.41 bits per heavy atom. The van der Waals surface area contributed by atoms with Gasteiger partial charge in [-0.2, -0.15) is 0 Å². The van der Waals surface area contributed by atoms with Crippen molar-refractivity contribution in [3.8, 4) is 0 Å². The van der Waals surface area contributed by atoms with E-state index in [1.807, 2.05) is 0 Å². The lowest BCUT2D eigenvalue weighted by Crippen LogP contribution is -2.39. The maximum Gasteiger partial charge on any atom is 0.330 e. The summed E-state index contributed by atoms with van der Waals surface area (Å²) in [6.45, 7) is 3.38. The molecule has 0 aliphatic heterocycles. The molecule has 2 heterocycles. The maximum absolute atomic E-state index is 12.1. The lowest BCUT2D eigenvalue weighted by atomic mass is 10.4. The molecule has 22 heavy (non-hydrogen) atoms. The van der Waals surface area contributed by atoms with Crippen molar-refractivity contribution in [2.45, 2.75) is 20.4 Å². The molecule has 2 aromatic heterocycles. The van der Waals surface area contributed by atoms with E-state index in [1.54, 1.807) is 13.8 Å². The highest BCUT2D eigenvalue weighted by atomic mass is 32.1. The molecule has 1 N–H and O–H groups in total. The molecule has 0 bridgehead atoms. The molecule has 1 amide bonds. The van der Waals surface area contributed by atoms with Crippen LogP contribution in [0.5, 0.6) is 0 Å². The summed E-state index contributed by atoms with van der Waals surface area (Å²) in [7, 11) is 2.81. The van der Waals surface area contributed by atoms with Crippen LogP contribution in [0.25, 0.3) is 0 Å². The maximum atomic E-state index is 12.1. The highest BCUT2D eigenvalue weighted by Gasteiger charge is 2.14. The third-order valence-corrected chi connectivity index (χ3v) is 4.39. The van der Waals surface area contributed by atoms with Gasteiger partial charge in [-0.3, -0.25) is 23.5 Å². The molecule has 0 radical (unpaired) electrons. The van der Waals surface area contributed by atoms with Crippen LogP contribution in [0.15, 0.2) is 20.6 Å². The average Bonchev–Trinajstić information content (AvgIpc) is 2.69. The lowest BCUT2D eigenvalue weighted by Gasteiger charge is -2.09. The van der Waals surface area contributed by atoms with Crippen molar-refractivity contribution in [3.63, 3.8) is 0 Å². The van der Waals surface area contributed by atoms with E-state index in [1.165, 1.54) is 29.4 Å². The van der Waals surface area contributed by atoms with Crippen molar-refractivity contribution in [3.05, 3.63) is 47.3 Å². The van der Waals surface area contributed by atoms with Gasteiger partial charge in [0, 0.05) is 30.9 Å². The number of aryl methyl sites for hydroxylation is 2. The van der Waals surface area contributed by atoms with Crippen molar-refractivity contribution in [1.29, 1.82) is 0 Å². The zero-order valence-corrected chi connectivity index (χ0v) is 13.5. The second-order valence-electron chi connectivity index (χ2n) is 4.94. The fourth-order valence-corrected chi connectivity index (χ4v) is 2.83. The van der Waals surface area contributed by atoms with E-state index in [4.69, 9.17) is 0 Å². The SMILES string of the molecule is Cc1sc(=O)n(CC(=O)Nc2cn(C)c(=O)n(C)c2=O)c1C. The molecular weight excluding hydrogens is 308 g/mol. The first-order valence-corrected chi connectivity index (χ1v) is 7.27. The van der Waals surface area contributed by atoms with Crippen LogP contribution in [-0.4, -0.2) is 19.6 Å². The van der Waals surface area contributed by atoms with Gasteiger partial charge in [-0.1, -0.05) is 11.3 Å². The summed E-state index contributed by atoms with van der Waals surface area (Å²) in [6, 6.07) is 0. The first kappa shape index (κ1) is 16.0. The summed E-state index contributed by atoms with van der Waals surface area (Å²) in [4.78, 5) is 47.9. The minimum absolute atomic E-state index is 0.00717. The Balaban J connectivity index is 2.29. The summed E-state index contributed by atoms with van der Waals surface area (Å²) < 4.78 is 3.45. The fourth-order valence-electron chi connectivity index (χ4n) is 2.00. The molecule has 0 spiro atoms. The van der Waals surface area contributed by atoms with Crippen LogP contribution in [0.3, 0.4) is 0 Å². The molecule has 0 fully saturated rings. The first-order chi connectivity index (χ1) is 10.2. The van der Waals surface area contributed by atoms with Crippen LogP contribution >= 0.6 is 11.3 Å². The van der Waals surface area contributed by atoms with Crippen LogP contribution in [0, 0.1) is 13.8 Å². The van der Waals surface area contributed by atoms with Gasteiger partial charge >= 0.3 is 10.6 Å². The van der Waals surface area contributed by atoms with E-state index in [0.717, 1.165) is 26.5 Å². The molecule has 0 aromatic carbocycles. The van der Waals surface area contributed by atoms with Gasteiger partial charge in [0.1, 0.15) is 12.2 Å².